The van der Waals surface area contributed by atoms with Crippen LogP contribution in [0.15, 0.2) is 48.8 Å². The molecule has 2 rings (SSSR count). The van der Waals surface area contributed by atoms with Crippen molar-refractivity contribution in [2.75, 3.05) is 11.9 Å². The Hall–Kier alpha value is -2.23. The SMILES string of the molecule is O=C(CCOc1ccccc1)Nc1cc[nH]c1. The van der Waals surface area contributed by atoms with E-state index in [1.165, 1.54) is 0 Å². The number of hydrogen-bond acceptors (Lipinski definition) is 2. The molecule has 1 aromatic carbocycles. The number of benzene rings is 1. The predicted molar refractivity (Wildman–Crippen MR) is 66.0 cm³/mol. The highest BCUT2D eigenvalue weighted by atomic mass is 16.5. The summed E-state index contributed by atoms with van der Waals surface area (Å²) in [5, 5.41) is 2.76. The molecule has 0 aliphatic heterocycles. The zero-order chi connectivity index (χ0) is 11.9. The molecule has 17 heavy (non-hydrogen) atoms. The molecule has 1 aromatic heterocycles. The number of para-hydroxylation sites is 1. The summed E-state index contributed by atoms with van der Waals surface area (Å²) in [5.41, 5.74) is 0.773. The number of rotatable bonds is 5. The molecule has 0 aliphatic carbocycles. The van der Waals surface area contributed by atoms with Crippen LogP contribution in [0.2, 0.25) is 0 Å². The molecule has 1 heterocycles. The van der Waals surface area contributed by atoms with Crippen molar-refractivity contribution >= 4 is 11.6 Å². The van der Waals surface area contributed by atoms with Gasteiger partial charge in [-0.05, 0) is 18.2 Å². The lowest BCUT2D eigenvalue weighted by atomic mass is 10.3. The fraction of sp³-hybridized carbons (Fsp3) is 0.154. The third kappa shape index (κ3) is 3.68. The molecule has 0 unspecified atom stereocenters. The molecule has 0 bridgehead atoms. The smallest absolute Gasteiger partial charge is 0.227 e. The summed E-state index contributed by atoms with van der Waals surface area (Å²) < 4.78 is 5.43. The molecule has 1 amide bonds. The summed E-state index contributed by atoms with van der Waals surface area (Å²) in [6.45, 7) is 0.375. The van der Waals surface area contributed by atoms with Crippen LogP contribution in [0.5, 0.6) is 5.75 Å². The number of H-pyrrole nitrogens is 1. The summed E-state index contributed by atoms with van der Waals surface area (Å²) >= 11 is 0. The minimum atomic E-state index is -0.0551. The van der Waals surface area contributed by atoms with Crippen LogP contribution in [0.1, 0.15) is 6.42 Å². The van der Waals surface area contributed by atoms with Gasteiger partial charge in [0.15, 0.2) is 0 Å². The first kappa shape index (κ1) is 11.3. The number of aromatic amines is 1. The van der Waals surface area contributed by atoms with Gasteiger partial charge in [-0.25, -0.2) is 0 Å². The van der Waals surface area contributed by atoms with Crippen molar-refractivity contribution in [1.82, 2.24) is 4.98 Å². The molecule has 88 valence electrons. The van der Waals surface area contributed by atoms with Crippen LogP contribution in [0, 0.1) is 0 Å². The molecule has 0 saturated carbocycles. The highest BCUT2D eigenvalue weighted by Gasteiger charge is 2.02. The van der Waals surface area contributed by atoms with Crippen LogP contribution in [0.3, 0.4) is 0 Å². The average molecular weight is 230 g/mol. The van der Waals surface area contributed by atoms with Crippen LogP contribution in [0.4, 0.5) is 5.69 Å². The van der Waals surface area contributed by atoms with E-state index in [0.29, 0.717) is 13.0 Å². The molecule has 0 fully saturated rings. The van der Waals surface area contributed by atoms with Gasteiger partial charge in [0.05, 0.1) is 18.7 Å². The highest BCUT2D eigenvalue weighted by Crippen LogP contribution is 2.09. The van der Waals surface area contributed by atoms with Gasteiger partial charge in [-0.15, -0.1) is 0 Å². The van der Waals surface area contributed by atoms with Crippen molar-refractivity contribution in [2.45, 2.75) is 6.42 Å². The van der Waals surface area contributed by atoms with E-state index in [2.05, 4.69) is 10.3 Å². The number of aromatic nitrogens is 1. The second-order valence-corrected chi connectivity index (χ2v) is 3.56. The minimum absolute atomic E-state index is 0.0551. The third-order valence-electron chi connectivity index (χ3n) is 2.22. The molecule has 2 aromatic rings. The zero-order valence-corrected chi connectivity index (χ0v) is 9.35. The Morgan fingerprint density at radius 2 is 2.06 bits per heavy atom. The Morgan fingerprint density at radius 3 is 2.76 bits per heavy atom. The third-order valence-corrected chi connectivity index (χ3v) is 2.22. The molecule has 4 heteroatoms. The Morgan fingerprint density at radius 1 is 1.24 bits per heavy atom. The number of ether oxygens (including phenoxy) is 1. The summed E-state index contributed by atoms with van der Waals surface area (Å²) in [6.07, 6.45) is 3.83. The first-order chi connectivity index (χ1) is 8.34. The standard InChI is InChI=1S/C13H14N2O2/c16-13(15-11-6-8-14-10-11)7-9-17-12-4-2-1-3-5-12/h1-6,8,10,14H,7,9H2,(H,15,16). The highest BCUT2D eigenvalue weighted by molar-refractivity contribution is 5.90. The number of nitrogens with one attached hydrogen (secondary N) is 2. The summed E-state index contributed by atoms with van der Waals surface area (Å²) in [7, 11) is 0. The molecule has 0 atom stereocenters. The Labute approximate surface area is 99.6 Å². The monoisotopic (exact) mass is 230 g/mol. The van der Waals surface area contributed by atoms with Crippen molar-refractivity contribution in [2.24, 2.45) is 0 Å². The van der Waals surface area contributed by atoms with E-state index in [4.69, 9.17) is 4.74 Å². The minimum Gasteiger partial charge on any atom is -0.493 e. The van der Waals surface area contributed by atoms with Gasteiger partial charge in [-0.1, -0.05) is 18.2 Å². The quantitative estimate of drug-likeness (QED) is 0.828. The van der Waals surface area contributed by atoms with E-state index in [-0.39, 0.29) is 5.91 Å². The summed E-state index contributed by atoms with van der Waals surface area (Å²) in [6, 6.07) is 11.2. The van der Waals surface area contributed by atoms with E-state index in [1.54, 1.807) is 18.5 Å². The lowest BCUT2D eigenvalue weighted by Gasteiger charge is -2.05. The van der Waals surface area contributed by atoms with Crippen molar-refractivity contribution in [3.8, 4) is 5.75 Å². The van der Waals surface area contributed by atoms with Crippen LogP contribution in [0.25, 0.3) is 0 Å². The lowest BCUT2D eigenvalue weighted by Crippen LogP contribution is -2.14. The topological polar surface area (TPSA) is 54.1 Å². The average Bonchev–Trinajstić information content (AvgIpc) is 2.83. The van der Waals surface area contributed by atoms with E-state index < -0.39 is 0 Å². The lowest BCUT2D eigenvalue weighted by molar-refractivity contribution is -0.116. The Kier molecular flexibility index (Phi) is 3.81. The molecule has 0 radical (unpaired) electrons. The van der Waals surface area contributed by atoms with Gasteiger partial charge in [0.1, 0.15) is 5.75 Å². The fourth-order valence-electron chi connectivity index (χ4n) is 1.40. The zero-order valence-electron chi connectivity index (χ0n) is 9.35. The molecular formula is C13H14N2O2. The van der Waals surface area contributed by atoms with Crippen LogP contribution < -0.4 is 10.1 Å². The van der Waals surface area contributed by atoms with E-state index in [0.717, 1.165) is 11.4 Å². The number of hydrogen-bond donors (Lipinski definition) is 2. The summed E-state index contributed by atoms with van der Waals surface area (Å²) in [4.78, 5) is 14.4. The molecule has 0 spiro atoms. The molecule has 2 N–H and O–H groups in total. The van der Waals surface area contributed by atoms with Crippen molar-refractivity contribution < 1.29 is 9.53 Å². The van der Waals surface area contributed by atoms with Gasteiger partial charge in [0, 0.05) is 12.4 Å². The maximum Gasteiger partial charge on any atom is 0.227 e. The van der Waals surface area contributed by atoms with Crippen LogP contribution in [-0.2, 0) is 4.79 Å². The fourth-order valence-corrected chi connectivity index (χ4v) is 1.40. The van der Waals surface area contributed by atoms with Gasteiger partial charge in [-0.3, -0.25) is 4.79 Å². The molecular weight excluding hydrogens is 216 g/mol. The van der Waals surface area contributed by atoms with Crippen molar-refractivity contribution in [1.29, 1.82) is 0 Å². The second kappa shape index (κ2) is 5.75. The Balaban J connectivity index is 1.70. The summed E-state index contributed by atoms with van der Waals surface area (Å²) in [5.74, 6) is 0.725. The number of anilines is 1. The van der Waals surface area contributed by atoms with E-state index >= 15 is 0 Å². The number of carbonyl (C=O) groups excluding carboxylic acids is 1. The maximum atomic E-state index is 11.5. The van der Waals surface area contributed by atoms with E-state index in [9.17, 15) is 4.79 Å². The van der Waals surface area contributed by atoms with E-state index in [1.807, 2.05) is 30.3 Å². The largest absolute Gasteiger partial charge is 0.493 e. The Bertz CT molecular complexity index is 452. The second-order valence-electron chi connectivity index (χ2n) is 3.56. The molecule has 0 saturated heterocycles. The molecule has 0 aliphatic rings. The van der Waals surface area contributed by atoms with Gasteiger partial charge in [0.2, 0.25) is 5.91 Å². The number of amides is 1. The normalized spacial score (nSPS) is 9.88. The van der Waals surface area contributed by atoms with Crippen molar-refractivity contribution in [3.05, 3.63) is 48.8 Å². The predicted octanol–water partition coefficient (Wildman–Crippen LogP) is 2.42. The van der Waals surface area contributed by atoms with Gasteiger partial charge in [-0.2, -0.15) is 0 Å². The first-order valence-corrected chi connectivity index (χ1v) is 5.45. The van der Waals surface area contributed by atoms with Gasteiger partial charge >= 0.3 is 0 Å². The molecule has 4 nitrogen and oxygen atoms in total. The van der Waals surface area contributed by atoms with Gasteiger partial charge in [0.25, 0.3) is 0 Å². The maximum absolute atomic E-state index is 11.5. The number of carbonyl (C=O) groups is 1. The van der Waals surface area contributed by atoms with Crippen LogP contribution in [-0.4, -0.2) is 17.5 Å². The van der Waals surface area contributed by atoms with Crippen LogP contribution >= 0.6 is 0 Å². The first-order valence-electron chi connectivity index (χ1n) is 5.45. The van der Waals surface area contributed by atoms with Gasteiger partial charge < -0.3 is 15.0 Å². The van der Waals surface area contributed by atoms with Crippen molar-refractivity contribution in [3.63, 3.8) is 0 Å².